The zero-order valence-corrected chi connectivity index (χ0v) is 8.50. The molecule has 1 aromatic heterocycles. The molecule has 0 radical (unpaired) electrons. The van der Waals surface area contributed by atoms with Crippen LogP contribution in [-0.4, -0.2) is 10.9 Å². The van der Waals surface area contributed by atoms with Gasteiger partial charge in [0.1, 0.15) is 0 Å². The van der Waals surface area contributed by atoms with Gasteiger partial charge in [-0.2, -0.15) is 0 Å². The summed E-state index contributed by atoms with van der Waals surface area (Å²) >= 11 is 0. The molecule has 0 bridgehead atoms. The zero-order chi connectivity index (χ0) is 10.6. The number of hydrogen-bond acceptors (Lipinski definition) is 1. The smallest absolute Gasteiger partial charge is 0.248 e. The maximum Gasteiger partial charge on any atom is 0.248 e. The molecule has 1 atom stereocenters. The molecule has 1 rings (SSSR count). The quantitative estimate of drug-likeness (QED) is 0.721. The zero-order valence-electron chi connectivity index (χ0n) is 8.50. The van der Waals surface area contributed by atoms with Crippen molar-refractivity contribution >= 4 is 0 Å². The van der Waals surface area contributed by atoms with Gasteiger partial charge in [-0.15, -0.1) is 0 Å². The normalized spacial score (nSPS) is 14.0. The summed E-state index contributed by atoms with van der Waals surface area (Å²) in [6.45, 7) is 3.33. The van der Waals surface area contributed by atoms with Crippen LogP contribution in [0.1, 0.15) is 38.2 Å². The number of nitrogens with zero attached hydrogens (tertiary/aromatic N) is 1. The third-order valence-electron chi connectivity index (χ3n) is 2.40. The second-order valence-electron chi connectivity index (χ2n) is 3.60. The third kappa shape index (κ3) is 3.05. The summed E-state index contributed by atoms with van der Waals surface area (Å²) in [5, 5.41) is 0. The lowest BCUT2D eigenvalue weighted by molar-refractivity contribution is -0.0166. The standard InChI is InChI=1S/C11H15F2N/c1-3-11(12,13)8-9(2)10-4-6-14-7-5-10/h4-7,9H,3,8H2,1-2H3. The lowest BCUT2D eigenvalue weighted by Gasteiger charge is -2.19. The molecule has 0 saturated heterocycles. The largest absolute Gasteiger partial charge is 0.265 e. The van der Waals surface area contributed by atoms with Crippen LogP contribution in [-0.2, 0) is 0 Å². The molecule has 0 aliphatic heterocycles. The highest BCUT2D eigenvalue weighted by Crippen LogP contribution is 2.31. The Morgan fingerprint density at radius 1 is 1.36 bits per heavy atom. The van der Waals surface area contributed by atoms with E-state index < -0.39 is 5.92 Å². The minimum Gasteiger partial charge on any atom is -0.265 e. The maximum atomic E-state index is 13.1. The molecule has 0 amide bonds. The van der Waals surface area contributed by atoms with Crippen LogP contribution in [0.5, 0.6) is 0 Å². The highest BCUT2D eigenvalue weighted by Gasteiger charge is 2.28. The van der Waals surface area contributed by atoms with Crippen molar-refractivity contribution in [3.05, 3.63) is 30.1 Å². The van der Waals surface area contributed by atoms with Gasteiger partial charge in [-0.05, 0) is 23.6 Å². The first-order valence-electron chi connectivity index (χ1n) is 4.83. The molecule has 1 aromatic rings. The van der Waals surface area contributed by atoms with Gasteiger partial charge in [-0.3, -0.25) is 4.98 Å². The van der Waals surface area contributed by atoms with Gasteiger partial charge in [-0.25, -0.2) is 8.78 Å². The summed E-state index contributed by atoms with van der Waals surface area (Å²) in [5.74, 6) is -2.67. The Balaban J connectivity index is 2.64. The number of rotatable bonds is 4. The van der Waals surface area contributed by atoms with Crippen molar-refractivity contribution in [2.24, 2.45) is 0 Å². The van der Waals surface area contributed by atoms with E-state index in [1.54, 1.807) is 24.5 Å². The van der Waals surface area contributed by atoms with Gasteiger partial charge in [0.05, 0.1) is 0 Å². The molecule has 0 fully saturated rings. The SMILES string of the molecule is CCC(F)(F)CC(C)c1ccncc1. The highest BCUT2D eigenvalue weighted by atomic mass is 19.3. The summed E-state index contributed by atoms with van der Waals surface area (Å²) in [7, 11) is 0. The Labute approximate surface area is 83.2 Å². The average Bonchev–Trinajstić information content (AvgIpc) is 2.19. The molecule has 0 spiro atoms. The second-order valence-corrected chi connectivity index (χ2v) is 3.60. The van der Waals surface area contributed by atoms with E-state index >= 15 is 0 Å². The van der Waals surface area contributed by atoms with Crippen LogP contribution in [0.4, 0.5) is 8.78 Å². The van der Waals surface area contributed by atoms with Crippen molar-refractivity contribution < 1.29 is 8.78 Å². The van der Waals surface area contributed by atoms with Crippen LogP contribution in [0.3, 0.4) is 0 Å². The molecule has 3 heteroatoms. The highest BCUT2D eigenvalue weighted by molar-refractivity contribution is 5.15. The molecule has 1 nitrogen and oxygen atoms in total. The van der Waals surface area contributed by atoms with E-state index in [1.807, 2.05) is 6.92 Å². The fourth-order valence-electron chi connectivity index (χ4n) is 1.40. The lowest BCUT2D eigenvalue weighted by Crippen LogP contribution is -2.17. The van der Waals surface area contributed by atoms with Crippen LogP contribution >= 0.6 is 0 Å². The van der Waals surface area contributed by atoms with Gasteiger partial charge in [0.2, 0.25) is 5.92 Å². The number of halogens is 2. The maximum absolute atomic E-state index is 13.1. The van der Waals surface area contributed by atoms with E-state index in [4.69, 9.17) is 0 Å². The van der Waals surface area contributed by atoms with Crippen LogP contribution in [0, 0.1) is 0 Å². The molecule has 0 aliphatic carbocycles. The van der Waals surface area contributed by atoms with Crippen molar-refractivity contribution in [3.8, 4) is 0 Å². The first kappa shape index (κ1) is 11.1. The minimum absolute atomic E-state index is 0.0898. The predicted molar refractivity (Wildman–Crippen MR) is 52.5 cm³/mol. The second kappa shape index (κ2) is 4.49. The molecule has 0 N–H and O–H groups in total. The third-order valence-corrected chi connectivity index (χ3v) is 2.40. The molecule has 0 aromatic carbocycles. The Morgan fingerprint density at radius 2 is 1.93 bits per heavy atom. The monoisotopic (exact) mass is 199 g/mol. The Kier molecular flexibility index (Phi) is 3.55. The average molecular weight is 199 g/mol. The summed E-state index contributed by atoms with van der Waals surface area (Å²) in [4.78, 5) is 3.86. The Morgan fingerprint density at radius 3 is 2.43 bits per heavy atom. The minimum atomic E-state index is -2.55. The predicted octanol–water partition coefficient (Wildman–Crippen LogP) is 3.62. The lowest BCUT2D eigenvalue weighted by atomic mass is 9.94. The van der Waals surface area contributed by atoms with Crippen molar-refractivity contribution in [2.75, 3.05) is 0 Å². The number of pyridine rings is 1. The van der Waals surface area contributed by atoms with Gasteiger partial charge in [-0.1, -0.05) is 13.8 Å². The van der Waals surface area contributed by atoms with Crippen molar-refractivity contribution in [2.45, 2.75) is 38.5 Å². The molecule has 0 saturated carbocycles. The number of aromatic nitrogens is 1. The molecule has 14 heavy (non-hydrogen) atoms. The van der Waals surface area contributed by atoms with Crippen molar-refractivity contribution in [1.29, 1.82) is 0 Å². The van der Waals surface area contributed by atoms with Gasteiger partial charge in [0.15, 0.2) is 0 Å². The van der Waals surface area contributed by atoms with E-state index in [1.165, 1.54) is 6.92 Å². The Hall–Kier alpha value is -0.990. The molecule has 0 aliphatic rings. The molecular formula is C11H15F2N. The fourth-order valence-corrected chi connectivity index (χ4v) is 1.40. The fraction of sp³-hybridized carbons (Fsp3) is 0.545. The van der Waals surface area contributed by atoms with E-state index in [0.29, 0.717) is 0 Å². The van der Waals surface area contributed by atoms with E-state index in [0.717, 1.165) is 5.56 Å². The van der Waals surface area contributed by atoms with E-state index in [-0.39, 0.29) is 18.8 Å². The van der Waals surface area contributed by atoms with Crippen LogP contribution in [0.2, 0.25) is 0 Å². The Bertz CT molecular complexity index is 272. The van der Waals surface area contributed by atoms with Gasteiger partial charge >= 0.3 is 0 Å². The first-order chi connectivity index (χ1) is 6.55. The molecule has 1 unspecified atom stereocenters. The molecule has 1 heterocycles. The topological polar surface area (TPSA) is 12.9 Å². The molecular weight excluding hydrogens is 184 g/mol. The number of hydrogen-bond donors (Lipinski definition) is 0. The summed E-state index contributed by atoms with van der Waals surface area (Å²) in [6.07, 6.45) is 3.09. The summed E-state index contributed by atoms with van der Waals surface area (Å²) in [5.41, 5.74) is 0.924. The van der Waals surface area contributed by atoms with Crippen molar-refractivity contribution in [3.63, 3.8) is 0 Å². The van der Waals surface area contributed by atoms with E-state index in [2.05, 4.69) is 4.98 Å². The summed E-state index contributed by atoms with van der Waals surface area (Å²) in [6, 6.07) is 3.58. The van der Waals surface area contributed by atoms with Crippen LogP contribution in [0.25, 0.3) is 0 Å². The van der Waals surface area contributed by atoms with Crippen molar-refractivity contribution in [1.82, 2.24) is 4.98 Å². The summed E-state index contributed by atoms with van der Waals surface area (Å²) < 4.78 is 26.1. The van der Waals surface area contributed by atoms with Crippen LogP contribution < -0.4 is 0 Å². The molecule has 78 valence electrons. The van der Waals surface area contributed by atoms with Crippen LogP contribution in [0.15, 0.2) is 24.5 Å². The van der Waals surface area contributed by atoms with Gasteiger partial charge < -0.3 is 0 Å². The van der Waals surface area contributed by atoms with Gasteiger partial charge in [0, 0.05) is 25.2 Å². The number of alkyl halides is 2. The van der Waals surface area contributed by atoms with Gasteiger partial charge in [0.25, 0.3) is 0 Å². The first-order valence-corrected chi connectivity index (χ1v) is 4.83. The van der Waals surface area contributed by atoms with E-state index in [9.17, 15) is 8.78 Å².